The van der Waals surface area contributed by atoms with Crippen LogP contribution in [0.3, 0.4) is 0 Å². The molecule has 0 aromatic heterocycles. The molecule has 1 N–H and O–H groups in total. The van der Waals surface area contributed by atoms with E-state index in [4.69, 9.17) is 0 Å². The van der Waals surface area contributed by atoms with Gasteiger partial charge in [-0.25, -0.2) is 0 Å². The summed E-state index contributed by atoms with van der Waals surface area (Å²) < 4.78 is 0. The van der Waals surface area contributed by atoms with Crippen molar-refractivity contribution in [1.29, 1.82) is 0 Å². The second-order valence-electron chi connectivity index (χ2n) is 7.05. The van der Waals surface area contributed by atoms with Crippen molar-refractivity contribution in [2.45, 2.75) is 71.3 Å². The highest BCUT2D eigenvalue weighted by atomic mass is 16.4. The van der Waals surface area contributed by atoms with E-state index in [1.165, 1.54) is 25.7 Å². The molecule has 3 heteroatoms. The van der Waals surface area contributed by atoms with Gasteiger partial charge in [0.05, 0.1) is 5.41 Å². The molecule has 2 fully saturated rings. The molecule has 19 heavy (non-hydrogen) atoms. The Morgan fingerprint density at radius 3 is 2.26 bits per heavy atom. The van der Waals surface area contributed by atoms with Gasteiger partial charge in [0.1, 0.15) is 0 Å². The van der Waals surface area contributed by atoms with Crippen molar-refractivity contribution in [3.8, 4) is 0 Å². The molecule has 0 radical (unpaired) electrons. The quantitative estimate of drug-likeness (QED) is 0.800. The molecular formula is C16H29NO2. The Morgan fingerprint density at radius 2 is 1.79 bits per heavy atom. The molecule has 2 rings (SSSR count). The van der Waals surface area contributed by atoms with Gasteiger partial charge in [0, 0.05) is 19.1 Å². The van der Waals surface area contributed by atoms with Crippen LogP contribution in [0.15, 0.2) is 0 Å². The van der Waals surface area contributed by atoms with Gasteiger partial charge in [0.25, 0.3) is 0 Å². The smallest absolute Gasteiger partial charge is 0.310 e. The molecule has 0 spiro atoms. The minimum Gasteiger partial charge on any atom is -0.481 e. The van der Waals surface area contributed by atoms with Gasteiger partial charge in [-0.05, 0) is 31.6 Å². The summed E-state index contributed by atoms with van der Waals surface area (Å²) >= 11 is 0. The third kappa shape index (κ3) is 3.50. The molecule has 0 saturated heterocycles. The molecular weight excluding hydrogens is 238 g/mol. The number of nitrogens with zero attached hydrogens (tertiary/aromatic N) is 1. The van der Waals surface area contributed by atoms with Gasteiger partial charge in [0.15, 0.2) is 0 Å². The molecule has 0 aliphatic heterocycles. The Labute approximate surface area is 117 Å². The average molecular weight is 267 g/mol. The van der Waals surface area contributed by atoms with Crippen LogP contribution in [0.2, 0.25) is 0 Å². The molecule has 0 aromatic rings. The molecule has 2 aliphatic rings. The lowest BCUT2D eigenvalue weighted by Gasteiger charge is -2.37. The maximum Gasteiger partial charge on any atom is 0.310 e. The summed E-state index contributed by atoms with van der Waals surface area (Å²) in [5.74, 6) is 0.0598. The molecule has 2 aliphatic carbocycles. The van der Waals surface area contributed by atoms with Gasteiger partial charge in [0.2, 0.25) is 0 Å². The summed E-state index contributed by atoms with van der Waals surface area (Å²) in [4.78, 5) is 14.2. The third-order valence-corrected chi connectivity index (χ3v) is 4.96. The van der Waals surface area contributed by atoms with Crippen LogP contribution in [0.1, 0.15) is 65.2 Å². The van der Waals surface area contributed by atoms with E-state index in [2.05, 4.69) is 18.7 Å². The lowest BCUT2D eigenvalue weighted by molar-refractivity contribution is -0.150. The highest BCUT2D eigenvalue weighted by Gasteiger charge is 2.43. The topological polar surface area (TPSA) is 40.5 Å². The van der Waals surface area contributed by atoms with Crippen LogP contribution in [0.4, 0.5) is 0 Å². The highest BCUT2D eigenvalue weighted by molar-refractivity contribution is 5.75. The lowest BCUT2D eigenvalue weighted by atomic mass is 9.85. The van der Waals surface area contributed by atoms with Crippen molar-refractivity contribution in [3.63, 3.8) is 0 Å². The van der Waals surface area contributed by atoms with E-state index in [1.807, 2.05) is 0 Å². The second-order valence-corrected chi connectivity index (χ2v) is 7.05. The minimum absolute atomic E-state index is 0.447. The van der Waals surface area contributed by atoms with Crippen molar-refractivity contribution >= 4 is 5.97 Å². The summed E-state index contributed by atoms with van der Waals surface area (Å²) in [6.45, 7) is 6.32. The standard InChI is InChI=1S/C16H29NO2/c1-13(2)11-17(14-7-3-4-8-14)12-16(15(18)19)9-5-6-10-16/h13-14H,3-12H2,1-2H3,(H,18,19). The Hall–Kier alpha value is -0.570. The van der Waals surface area contributed by atoms with Crippen molar-refractivity contribution in [2.75, 3.05) is 13.1 Å². The van der Waals surface area contributed by atoms with Gasteiger partial charge in [-0.15, -0.1) is 0 Å². The lowest BCUT2D eigenvalue weighted by Crippen LogP contribution is -2.46. The minimum atomic E-state index is -0.559. The van der Waals surface area contributed by atoms with Gasteiger partial charge < -0.3 is 5.11 Å². The van der Waals surface area contributed by atoms with Crippen LogP contribution in [-0.2, 0) is 4.79 Å². The average Bonchev–Trinajstić information content (AvgIpc) is 2.99. The van der Waals surface area contributed by atoms with Crippen LogP contribution >= 0.6 is 0 Å². The zero-order chi connectivity index (χ0) is 13.9. The van der Waals surface area contributed by atoms with Crippen molar-refractivity contribution in [1.82, 2.24) is 4.90 Å². The van der Waals surface area contributed by atoms with Crippen molar-refractivity contribution in [2.24, 2.45) is 11.3 Å². The maximum atomic E-state index is 11.7. The molecule has 0 atom stereocenters. The fraction of sp³-hybridized carbons (Fsp3) is 0.938. The first-order valence-electron chi connectivity index (χ1n) is 8.01. The molecule has 2 saturated carbocycles. The van der Waals surface area contributed by atoms with Crippen LogP contribution in [0, 0.1) is 11.3 Å². The maximum absolute atomic E-state index is 11.7. The fourth-order valence-electron chi connectivity index (χ4n) is 3.96. The van der Waals surface area contributed by atoms with E-state index >= 15 is 0 Å². The summed E-state index contributed by atoms with van der Waals surface area (Å²) in [6.07, 6.45) is 9.11. The summed E-state index contributed by atoms with van der Waals surface area (Å²) in [7, 11) is 0. The molecule has 0 unspecified atom stereocenters. The summed E-state index contributed by atoms with van der Waals surface area (Å²) in [5.41, 5.74) is -0.447. The number of carbonyl (C=O) groups is 1. The third-order valence-electron chi connectivity index (χ3n) is 4.96. The first-order chi connectivity index (χ1) is 9.03. The van der Waals surface area contributed by atoms with E-state index in [0.717, 1.165) is 38.8 Å². The first kappa shape index (κ1) is 14.8. The van der Waals surface area contributed by atoms with Crippen LogP contribution in [0.5, 0.6) is 0 Å². The van der Waals surface area contributed by atoms with E-state index in [1.54, 1.807) is 0 Å². The largest absolute Gasteiger partial charge is 0.481 e. The number of hydrogen-bond donors (Lipinski definition) is 1. The molecule has 0 bridgehead atoms. The molecule has 0 amide bonds. The molecule has 3 nitrogen and oxygen atoms in total. The van der Waals surface area contributed by atoms with Gasteiger partial charge in [-0.1, -0.05) is 39.5 Å². The van der Waals surface area contributed by atoms with Crippen molar-refractivity contribution < 1.29 is 9.90 Å². The van der Waals surface area contributed by atoms with Crippen LogP contribution < -0.4 is 0 Å². The number of aliphatic carboxylic acids is 1. The van der Waals surface area contributed by atoms with Crippen LogP contribution in [0.25, 0.3) is 0 Å². The Kier molecular flexibility index (Phi) is 4.88. The van der Waals surface area contributed by atoms with E-state index in [0.29, 0.717) is 12.0 Å². The van der Waals surface area contributed by atoms with Gasteiger partial charge in [-0.2, -0.15) is 0 Å². The fourth-order valence-corrected chi connectivity index (χ4v) is 3.96. The van der Waals surface area contributed by atoms with E-state index in [-0.39, 0.29) is 0 Å². The molecule has 0 heterocycles. The predicted molar refractivity (Wildman–Crippen MR) is 77.2 cm³/mol. The highest BCUT2D eigenvalue weighted by Crippen LogP contribution is 2.40. The van der Waals surface area contributed by atoms with E-state index in [9.17, 15) is 9.90 Å². The zero-order valence-electron chi connectivity index (χ0n) is 12.5. The Balaban J connectivity index is 2.06. The molecule has 0 aromatic carbocycles. The molecule has 110 valence electrons. The van der Waals surface area contributed by atoms with E-state index < -0.39 is 11.4 Å². The van der Waals surface area contributed by atoms with Crippen LogP contribution in [-0.4, -0.2) is 35.1 Å². The predicted octanol–water partition coefficient (Wildman–Crippen LogP) is 3.53. The Bertz CT molecular complexity index is 302. The second kappa shape index (κ2) is 6.25. The van der Waals surface area contributed by atoms with Gasteiger partial charge in [-0.3, -0.25) is 9.69 Å². The first-order valence-corrected chi connectivity index (χ1v) is 8.01. The number of hydrogen-bond acceptors (Lipinski definition) is 2. The SMILES string of the molecule is CC(C)CN(CC1(C(=O)O)CCCC1)C1CCCC1. The van der Waals surface area contributed by atoms with Crippen molar-refractivity contribution in [3.05, 3.63) is 0 Å². The summed E-state index contributed by atoms with van der Waals surface area (Å²) in [6, 6.07) is 0.638. The van der Waals surface area contributed by atoms with Gasteiger partial charge >= 0.3 is 5.97 Å². The number of carboxylic acid groups (broad SMARTS) is 1. The summed E-state index contributed by atoms with van der Waals surface area (Å²) in [5, 5.41) is 9.66. The normalized spacial score (nSPS) is 23.6. The number of rotatable bonds is 6. The Morgan fingerprint density at radius 1 is 1.21 bits per heavy atom. The number of carboxylic acids is 1. The monoisotopic (exact) mass is 267 g/mol. The zero-order valence-corrected chi connectivity index (χ0v) is 12.5.